The number of nitrogens with one attached hydrogen (secondary N) is 1. The van der Waals surface area contributed by atoms with Gasteiger partial charge in [0.05, 0.1) is 5.52 Å². The number of anilines is 1. The van der Waals surface area contributed by atoms with E-state index < -0.39 is 0 Å². The highest BCUT2D eigenvalue weighted by atomic mass is 32.1. The molecule has 0 amide bonds. The number of aromatic nitrogens is 3. The molecule has 74 valence electrons. The zero-order valence-electron chi connectivity index (χ0n) is 7.77. The van der Waals surface area contributed by atoms with Crippen LogP contribution in [0.1, 0.15) is 0 Å². The quantitative estimate of drug-likeness (QED) is 0.655. The van der Waals surface area contributed by atoms with Crippen LogP contribution in [0.4, 0.5) is 5.13 Å². The Hall–Kier alpha value is -1.88. The van der Waals surface area contributed by atoms with E-state index >= 15 is 0 Å². The van der Waals surface area contributed by atoms with Gasteiger partial charge in [-0.1, -0.05) is 18.2 Å². The number of rotatable bonds is 1. The normalized spacial score (nSPS) is 10.9. The van der Waals surface area contributed by atoms with E-state index in [1.807, 2.05) is 29.6 Å². The fraction of sp³-hybridized carbons (Fsp3) is 0. The van der Waals surface area contributed by atoms with Crippen molar-refractivity contribution in [3.63, 3.8) is 0 Å². The molecule has 0 unspecified atom stereocenters. The predicted octanol–water partition coefficient (Wildman–Crippen LogP) is 2.27. The molecule has 5 heteroatoms. The van der Waals surface area contributed by atoms with Gasteiger partial charge in [-0.3, -0.25) is 5.10 Å². The van der Waals surface area contributed by atoms with Gasteiger partial charge in [0.1, 0.15) is 11.4 Å². The molecule has 0 aliphatic heterocycles. The molecular formula is C10H8N4S. The van der Waals surface area contributed by atoms with Crippen LogP contribution in [0, 0.1) is 0 Å². The number of benzene rings is 1. The third-order valence-electron chi connectivity index (χ3n) is 2.23. The highest BCUT2D eigenvalue weighted by Gasteiger charge is 2.09. The Morgan fingerprint density at radius 1 is 1.27 bits per heavy atom. The van der Waals surface area contributed by atoms with Crippen molar-refractivity contribution in [1.82, 2.24) is 15.2 Å². The monoisotopic (exact) mass is 216 g/mol. The third-order valence-corrected chi connectivity index (χ3v) is 2.91. The lowest BCUT2D eigenvalue weighted by molar-refractivity contribution is 1.12. The van der Waals surface area contributed by atoms with Gasteiger partial charge in [-0.15, -0.1) is 11.3 Å². The Kier molecular flexibility index (Phi) is 1.72. The van der Waals surface area contributed by atoms with E-state index in [0.29, 0.717) is 5.13 Å². The van der Waals surface area contributed by atoms with Crippen LogP contribution in [0.15, 0.2) is 29.6 Å². The van der Waals surface area contributed by atoms with E-state index in [9.17, 15) is 0 Å². The van der Waals surface area contributed by atoms with E-state index in [1.165, 1.54) is 11.3 Å². The molecule has 3 aromatic rings. The Morgan fingerprint density at radius 2 is 2.13 bits per heavy atom. The summed E-state index contributed by atoms with van der Waals surface area (Å²) in [5.74, 6) is 0. The smallest absolute Gasteiger partial charge is 0.180 e. The minimum absolute atomic E-state index is 0.567. The van der Waals surface area contributed by atoms with E-state index in [4.69, 9.17) is 5.73 Å². The summed E-state index contributed by atoms with van der Waals surface area (Å²) in [4.78, 5) is 4.22. The number of nitrogens with zero attached hydrogens (tertiary/aromatic N) is 2. The molecule has 3 rings (SSSR count). The molecule has 15 heavy (non-hydrogen) atoms. The first-order valence-corrected chi connectivity index (χ1v) is 5.37. The summed E-state index contributed by atoms with van der Waals surface area (Å²) in [6.07, 6.45) is 0. The molecule has 1 aromatic carbocycles. The van der Waals surface area contributed by atoms with Crippen molar-refractivity contribution >= 4 is 27.4 Å². The van der Waals surface area contributed by atoms with Crippen LogP contribution >= 0.6 is 11.3 Å². The summed E-state index contributed by atoms with van der Waals surface area (Å²) < 4.78 is 0. The number of hydrogen-bond donors (Lipinski definition) is 2. The maximum absolute atomic E-state index is 5.60. The topological polar surface area (TPSA) is 67.6 Å². The van der Waals surface area contributed by atoms with Crippen LogP contribution in [0.3, 0.4) is 0 Å². The van der Waals surface area contributed by atoms with Crippen LogP contribution in [-0.2, 0) is 0 Å². The first-order chi connectivity index (χ1) is 7.34. The molecule has 0 saturated heterocycles. The first kappa shape index (κ1) is 8.43. The Labute approximate surface area is 89.8 Å². The van der Waals surface area contributed by atoms with Gasteiger partial charge in [-0.2, -0.15) is 5.10 Å². The number of fused-ring (bicyclic) bond motifs is 1. The van der Waals surface area contributed by atoms with Crippen LogP contribution in [-0.4, -0.2) is 15.2 Å². The van der Waals surface area contributed by atoms with Crippen molar-refractivity contribution in [2.75, 3.05) is 5.73 Å². The van der Waals surface area contributed by atoms with Gasteiger partial charge in [-0.05, 0) is 6.07 Å². The fourth-order valence-electron chi connectivity index (χ4n) is 1.56. The zero-order valence-corrected chi connectivity index (χ0v) is 8.58. The molecule has 2 heterocycles. The summed E-state index contributed by atoms with van der Waals surface area (Å²) in [7, 11) is 0. The summed E-state index contributed by atoms with van der Waals surface area (Å²) in [5, 5.41) is 10.8. The van der Waals surface area contributed by atoms with Gasteiger partial charge in [-0.25, -0.2) is 4.98 Å². The molecular weight excluding hydrogens is 208 g/mol. The SMILES string of the molecule is Nc1nc(-c2n[nH]c3ccccc23)cs1. The number of nitrogens with two attached hydrogens (primary N) is 1. The second-order valence-corrected chi connectivity index (χ2v) is 4.08. The number of thiazole rings is 1. The van der Waals surface area contributed by atoms with Gasteiger partial charge < -0.3 is 5.73 Å². The van der Waals surface area contributed by atoms with Crippen molar-refractivity contribution in [2.24, 2.45) is 0 Å². The van der Waals surface area contributed by atoms with Crippen LogP contribution in [0.2, 0.25) is 0 Å². The van der Waals surface area contributed by atoms with Crippen LogP contribution < -0.4 is 5.73 Å². The number of H-pyrrole nitrogens is 1. The summed E-state index contributed by atoms with van der Waals surface area (Å²) in [6.45, 7) is 0. The average Bonchev–Trinajstić information content (AvgIpc) is 2.83. The number of hydrogen-bond acceptors (Lipinski definition) is 4. The van der Waals surface area contributed by atoms with E-state index in [-0.39, 0.29) is 0 Å². The lowest BCUT2D eigenvalue weighted by Gasteiger charge is -1.90. The Bertz CT molecular complexity index is 610. The molecule has 3 N–H and O–H groups in total. The molecule has 2 aromatic heterocycles. The van der Waals surface area contributed by atoms with Crippen molar-refractivity contribution < 1.29 is 0 Å². The van der Waals surface area contributed by atoms with Crippen molar-refractivity contribution in [1.29, 1.82) is 0 Å². The maximum Gasteiger partial charge on any atom is 0.180 e. The second kappa shape index (κ2) is 3.06. The minimum atomic E-state index is 0.567. The summed E-state index contributed by atoms with van der Waals surface area (Å²) in [6, 6.07) is 7.96. The summed E-state index contributed by atoms with van der Waals surface area (Å²) >= 11 is 1.42. The van der Waals surface area contributed by atoms with Gasteiger partial charge in [0.15, 0.2) is 5.13 Å². The van der Waals surface area contributed by atoms with E-state index in [0.717, 1.165) is 22.3 Å². The van der Waals surface area contributed by atoms with Gasteiger partial charge in [0.2, 0.25) is 0 Å². The molecule has 0 bridgehead atoms. The number of nitrogen functional groups attached to an aromatic ring is 1. The van der Waals surface area contributed by atoms with Crippen molar-refractivity contribution in [3.05, 3.63) is 29.6 Å². The van der Waals surface area contributed by atoms with Gasteiger partial charge in [0.25, 0.3) is 0 Å². The molecule has 0 spiro atoms. The third kappa shape index (κ3) is 1.28. The standard InChI is InChI=1S/C10H8N4S/c11-10-12-8(5-15-10)9-6-3-1-2-4-7(6)13-14-9/h1-5H,(H2,11,12)(H,13,14). The van der Waals surface area contributed by atoms with Crippen molar-refractivity contribution in [3.8, 4) is 11.4 Å². The largest absolute Gasteiger partial charge is 0.375 e. The van der Waals surface area contributed by atoms with Crippen molar-refractivity contribution in [2.45, 2.75) is 0 Å². The molecule has 4 nitrogen and oxygen atoms in total. The molecule has 0 aliphatic rings. The lowest BCUT2D eigenvalue weighted by Crippen LogP contribution is -1.83. The highest BCUT2D eigenvalue weighted by molar-refractivity contribution is 7.13. The predicted molar refractivity (Wildman–Crippen MR) is 61.6 cm³/mol. The van der Waals surface area contributed by atoms with Gasteiger partial charge in [0, 0.05) is 10.8 Å². The molecule has 0 atom stereocenters. The van der Waals surface area contributed by atoms with Gasteiger partial charge >= 0.3 is 0 Å². The minimum Gasteiger partial charge on any atom is -0.375 e. The molecule has 0 aliphatic carbocycles. The second-order valence-electron chi connectivity index (χ2n) is 3.19. The first-order valence-electron chi connectivity index (χ1n) is 4.49. The molecule has 0 saturated carbocycles. The zero-order chi connectivity index (χ0) is 10.3. The fourth-order valence-corrected chi connectivity index (χ4v) is 2.10. The van der Waals surface area contributed by atoms with Crippen LogP contribution in [0.5, 0.6) is 0 Å². The maximum atomic E-state index is 5.60. The van der Waals surface area contributed by atoms with Crippen LogP contribution in [0.25, 0.3) is 22.3 Å². The molecule has 0 radical (unpaired) electrons. The Morgan fingerprint density at radius 3 is 2.93 bits per heavy atom. The highest BCUT2D eigenvalue weighted by Crippen LogP contribution is 2.27. The number of para-hydroxylation sites is 1. The Balaban J connectivity index is 2.27. The molecule has 0 fully saturated rings. The number of aromatic amines is 1. The van der Waals surface area contributed by atoms with E-state index in [1.54, 1.807) is 0 Å². The average molecular weight is 216 g/mol. The van der Waals surface area contributed by atoms with E-state index in [2.05, 4.69) is 15.2 Å². The summed E-state index contributed by atoms with van der Waals surface area (Å²) in [5.41, 5.74) is 8.30. The lowest BCUT2D eigenvalue weighted by atomic mass is 10.2.